The predicted molar refractivity (Wildman–Crippen MR) is 150 cm³/mol. The fraction of sp³-hybridized carbons (Fsp3) is 0.714. The van der Waals surface area contributed by atoms with Crippen LogP contribution in [-0.4, -0.2) is 60.6 Å². The molecular formula is C28H52N4O3. The first kappa shape index (κ1) is 34.7. The maximum absolute atomic E-state index is 12.5. The van der Waals surface area contributed by atoms with Crippen LogP contribution in [0, 0.1) is 11.3 Å². The van der Waals surface area contributed by atoms with Crippen LogP contribution < -0.4 is 5.32 Å². The molecule has 1 aliphatic carbocycles. The summed E-state index contributed by atoms with van der Waals surface area (Å²) >= 11 is 0. The van der Waals surface area contributed by atoms with E-state index in [1.165, 1.54) is 0 Å². The zero-order valence-electron chi connectivity index (χ0n) is 24.5. The van der Waals surface area contributed by atoms with Crippen molar-refractivity contribution in [2.24, 2.45) is 21.3 Å². The van der Waals surface area contributed by atoms with Crippen molar-refractivity contribution in [1.82, 2.24) is 10.2 Å². The first-order valence-corrected chi connectivity index (χ1v) is 13.0. The van der Waals surface area contributed by atoms with Crippen molar-refractivity contribution in [3.63, 3.8) is 0 Å². The molecule has 1 N–H and O–H groups in total. The second-order valence-corrected chi connectivity index (χ2v) is 9.27. The highest BCUT2D eigenvalue weighted by Crippen LogP contribution is 2.54. The van der Waals surface area contributed by atoms with Crippen molar-refractivity contribution in [1.29, 1.82) is 0 Å². The third-order valence-electron chi connectivity index (χ3n) is 5.42. The van der Waals surface area contributed by atoms with Gasteiger partial charge < -0.3 is 15.0 Å². The van der Waals surface area contributed by atoms with E-state index in [9.17, 15) is 9.59 Å². The minimum atomic E-state index is -0.495. The number of carbonyl (C=O) groups excluding carboxylic acids is 2. The number of hydrogen-bond acceptors (Lipinski definition) is 5. The molecule has 2 atom stereocenters. The van der Waals surface area contributed by atoms with Gasteiger partial charge in [0.2, 0.25) is 0 Å². The maximum Gasteiger partial charge on any atom is 0.410 e. The Balaban J connectivity index is 0. The summed E-state index contributed by atoms with van der Waals surface area (Å²) in [6.07, 6.45) is 8.66. The van der Waals surface area contributed by atoms with Gasteiger partial charge in [0.1, 0.15) is 11.3 Å². The van der Waals surface area contributed by atoms with Crippen LogP contribution in [0.25, 0.3) is 0 Å². The smallest absolute Gasteiger partial charge is 0.410 e. The molecule has 1 aliphatic rings. The molecule has 35 heavy (non-hydrogen) atoms. The van der Waals surface area contributed by atoms with Crippen LogP contribution in [0.4, 0.5) is 4.79 Å². The van der Waals surface area contributed by atoms with Crippen LogP contribution in [0.3, 0.4) is 0 Å². The van der Waals surface area contributed by atoms with E-state index in [-0.39, 0.29) is 17.4 Å². The molecule has 0 spiro atoms. The Hall–Kier alpha value is -2.44. The first-order chi connectivity index (χ1) is 16.5. The lowest BCUT2D eigenvalue weighted by atomic mass is 10.0. The van der Waals surface area contributed by atoms with Gasteiger partial charge in [0.05, 0.1) is 0 Å². The van der Waals surface area contributed by atoms with Crippen LogP contribution in [-0.2, 0) is 9.53 Å². The van der Waals surface area contributed by atoms with E-state index in [0.717, 1.165) is 18.6 Å². The normalized spacial score (nSPS) is 19.9. The van der Waals surface area contributed by atoms with E-state index in [4.69, 9.17) is 4.74 Å². The SMILES string of the molecule is CC.CC.C\C=C/N=C(C)\C=C/C(=NC)C(=O)NCC1CC1(C)CCN(CC)C(=O)OC(C)(C)C. The van der Waals surface area contributed by atoms with Crippen molar-refractivity contribution in [2.75, 3.05) is 26.7 Å². The second-order valence-electron chi connectivity index (χ2n) is 9.27. The number of aliphatic imine (C=N–C) groups is 2. The van der Waals surface area contributed by atoms with E-state index in [0.29, 0.717) is 31.3 Å². The number of hydrogen-bond donors (Lipinski definition) is 1. The molecular weight excluding hydrogens is 440 g/mol. The van der Waals surface area contributed by atoms with Gasteiger partial charge in [0.25, 0.3) is 5.91 Å². The topological polar surface area (TPSA) is 83.4 Å². The van der Waals surface area contributed by atoms with Crippen LogP contribution in [0.15, 0.2) is 34.4 Å². The van der Waals surface area contributed by atoms with E-state index >= 15 is 0 Å². The zero-order chi connectivity index (χ0) is 27.7. The molecule has 202 valence electrons. The summed E-state index contributed by atoms with van der Waals surface area (Å²) in [5.74, 6) is 0.213. The Morgan fingerprint density at radius 1 is 1.17 bits per heavy atom. The summed E-state index contributed by atoms with van der Waals surface area (Å²) < 4.78 is 5.48. The molecule has 1 saturated carbocycles. The average Bonchev–Trinajstić information content (AvgIpc) is 3.48. The van der Waals surface area contributed by atoms with Gasteiger partial charge in [-0.25, -0.2) is 4.79 Å². The van der Waals surface area contributed by atoms with Crippen LogP contribution in [0.1, 0.15) is 89.0 Å². The lowest BCUT2D eigenvalue weighted by molar-refractivity contribution is -0.114. The first-order valence-electron chi connectivity index (χ1n) is 13.0. The Labute approximate surface area is 215 Å². The summed E-state index contributed by atoms with van der Waals surface area (Å²) in [4.78, 5) is 34.8. The Morgan fingerprint density at radius 3 is 2.26 bits per heavy atom. The zero-order valence-corrected chi connectivity index (χ0v) is 24.5. The number of ether oxygens (including phenoxy) is 1. The molecule has 0 aromatic rings. The van der Waals surface area contributed by atoms with Gasteiger partial charge in [-0.15, -0.1) is 0 Å². The molecule has 0 aromatic heterocycles. The summed E-state index contributed by atoms with van der Waals surface area (Å²) in [5.41, 5.74) is 0.801. The highest BCUT2D eigenvalue weighted by Gasteiger charge is 2.49. The predicted octanol–water partition coefficient (Wildman–Crippen LogP) is 6.45. The Morgan fingerprint density at radius 2 is 1.77 bits per heavy atom. The van der Waals surface area contributed by atoms with E-state index < -0.39 is 5.60 Å². The number of nitrogens with zero attached hydrogens (tertiary/aromatic N) is 3. The van der Waals surface area contributed by atoms with E-state index in [1.807, 2.05) is 75.3 Å². The molecule has 7 heteroatoms. The van der Waals surface area contributed by atoms with Crippen LogP contribution >= 0.6 is 0 Å². The van der Waals surface area contributed by atoms with Crippen molar-refractivity contribution in [2.45, 2.75) is 94.6 Å². The van der Waals surface area contributed by atoms with E-state index in [2.05, 4.69) is 22.2 Å². The Kier molecular flexibility index (Phi) is 17.8. The van der Waals surface area contributed by atoms with E-state index in [1.54, 1.807) is 30.3 Å². The van der Waals surface area contributed by atoms with Gasteiger partial charge in [-0.3, -0.25) is 14.8 Å². The monoisotopic (exact) mass is 492 g/mol. The molecule has 7 nitrogen and oxygen atoms in total. The van der Waals surface area contributed by atoms with Gasteiger partial charge in [-0.2, -0.15) is 0 Å². The minimum absolute atomic E-state index is 0.123. The maximum atomic E-state index is 12.5. The molecule has 2 amide bonds. The van der Waals surface area contributed by atoms with Crippen molar-refractivity contribution >= 4 is 23.4 Å². The van der Waals surface area contributed by atoms with Gasteiger partial charge in [0, 0.05) is 38.6 Å². The summed E-state index contributed by atoms with van der Waals surface area (Å²) in [7, 11) is 1.61. The fourth-order valence-corrected chi connectivity index (χ4v) is 3.22. The molecule has 1 rings (SSSR count). The van der Waals surface area contributed by atoms with Gasteiger partial charge in [-0.1, -0.05) is 40.7 Å². The molecule has 1 fully saturated rings. The minimum Gasteiger partial charge on any atom is -0.444 e. The molecule has 2 unspecified atom stereocenters. The lowest BCUT2D eigenvalue weighted by Gasteiger charge is -2.27. The van der Waals surface area contributed by atoms with Crippen LogP contribution in [0.5, 0.6) is 0 Å². The average molecular weight is 493 g/mol. The fourth-order valence-electron chi connectivity index (χ4n) is 3.22. The second kappa shape index (κ2) is 17.9. The van der Waals surface area contributed by atoms with Crippen LogP contribution in [0.2, 0.25) is 0 Å². The van der Waals surface area contributed by atoms with Crippen molar-refractivity contribution in [3.05, 3.63) is 24.4 Å². The summed E-state index contributed by atoms with van der Waals surface area (Å²) in [5, 5.41) is 2.99. The molecule has 0 heterocycles. The van der Waals surface area contributed by atoms with Crippen molar-refractivity contribution in [3.8, 4) is 0 Å². The quantitative estimate of drug-likeness (QED) is 0.356. The molecule has 0 aromatic carbocycles. The summed E-state index contributed by atoms with van der Waals surface area (Å²) in [6.45, 7) is 23.4. The van der Waals surface area contributed by atoms with Gasteiger partial charge in [0.15, 0.2) is 0 Å². The molecule has 0 saturated heterocycles. The third kappa shape index (κ3) is 14.5. The highest BCUT2D eigenvalue weighted by atomic mass is 16.6. The molecule has 0 bridgehead atoms. The number of nitrogens with one attached hydrogen (secondary N) is 1. The lowest BCUT2D eigenvalue weighted by Crippen LogP contribution is -2.38. The molecule has 0 aliphatic heterocycles. The Bertz CT molecular complexity index is 748. The van der Waals surface area contributed by atoms with Gasteiger partial charge in [-0.05, 0) is 77.9 Å². The third-order valence-corrected chi connectivity index (χ3v) is 5.42. The largest absolute Gasteiger partial charge is 0.444 e. The molecule has 0 radical (unpaired) electrons. The van der Waals surface area contributed by atoms with Gasteiger partial charge >= 0.3 is 6.09 Å². The number of rotatable bonds is 10. The number of allylic oxidation sites excluding steroid dienone is 2. The number of amides is 2. The number of carbonyl (C=O) groups is 2. The standard InChI is InChI=1S/C24H40N4O3.2C2H6/c1-9-14-26-18(3)11-12-20(25-8)21(29)27-17-19-16-24(19,7)13-15-28(10-2)22(30)31-23(4,5)6;2*1-2/h9,11-12,14,19H,10,13,15-17H2,1-8H3,(H,27,29);2*1-2H3/b12-11-,14-9-,25-20?,26-18-;;. The summed E-state index contributed by atoms with van der Waals surface area (Å²) in [6, 6.07) is 0. The highest BCUT2D eigenvalue weighted by molar-refractivity contribution is 6.43. The van der Waals surface area contributed by atoms with Crippen molar-refractivity contribution < 1.29 is 14.3 Å².